The van der Waals surface area contributed by atoms with Crippen LogP contribution >= 0.6 is 0 Å². The van der Waals surface area contributed by atoms with Gasteiger partial charge >= 0.3 is 5.97 Å². The third-order valence-corrected chi connectivity index (χ3v) is 3.70. The number of aromatic nitrogens is 1. The number of aromatic amines is 1. The van der Waals surface area contributed by atoms with E-state index < -0.39 is 17.6 Å². The van der Waals surface area contributed by atoms with Gasteiger partial charge in [-0.1, -0.05) is 0 Å². The number of aryl methyl sites for hydroxylation is 1. The Morgan fingerprint density at radius 3 is 2.58 bits per heavy atom. The highest BCUT2D eigenvalue weighted by atomic mass is 19.1. The molecule has 2 aromatic carbocycles. The summed E-state index contributed by atoms with van der Waals surface area (Å²) < 4.78 is 44.6. The summed E-state index contributed by atoms with van der Waals surface area (Å²) in [7, 11) is 0. The van der Waals surface area contributed by atoms with Crippen LogP contribution in [0.5, 0.6) is 0 Å². The van der Waals surface area contributed by atoms with Crippen LogP contribution in [-0.2, 0) is 11.2 Å². The number of nitrogens with one attached hydrogen (secondary N) is 1. The van der Waals surface area contributed by atoms with Gasteiger partial charge in [-0.25, -0.2) is 18.0 Å². The summed E-state index contributed by atoms with van der Waals surface area (Å²) in [5.74, 6) is -2.86. The first kappa shape index (κ1) is 16.1. The van der Waals surface area contributed by atoms with Gasteiger partial charge in [0.2, 0.25) is 0 Å². The van der Waals surface area contributed by atoms with E-state index >= 15 is 0 Å². The Morgan fingerprint density at radius 1 is 1.04 bits per heavy atom. The second-order valence-electron chi connectivity index (χ2n) is 5.37. The molecule has 0 fully saturated rings. The predicted molar refractivity (Wildman–Crippen MR) is 83.2 cm³/mol. The van der Waals surface area contributed by atoms with E-state index in [1.54, 1.807) is 12.3 Å². The smallest absolute Gasteiger partial charge is 0.341 e. The minimum atomic E-state index is -0.952. The van der Waals surface area contributed by atoms with Crippen LogP contribution in [0.2, 0.25) is 0 Å². The Labute approximate surface area is 136 Å². The lowest BCUT2D eigenvalue weighted by atomic mass is 10.1. The molecule has 6 heteroatoms. The van der Waals surface area contributed by atoms with E-state index in [1.165, 1.54) is 12.1 Å². The summed E-state index contributed by atoms with van der Waals surface area (Å²) in [6.45, 7) is 0.0810. The zero-order valence-electron chi connectivity index (χ0n) is 12.6. The molecule has 3 nitrogen and oxygen atoms in total. The van der Waals surface area contributed by atoms with Gasteiger partial charge in [0.1, 0.15) is 17.5 Å². The van der Waals surface area contributed by atoms with Gasteiger partial charge in [-0.2, -0.15) is 0 Å². The predicted octanol–water partition coefficient (Wildman–Crippen LogP) is 4.37. The van der Waals surface area contributed by atoms with E-state index in [9.17, 15) is 18.0 Å². The van der Waals surface area contributed by atoms with E-state index in [2.05, 4.69) is 4.98 Å². The first-order valence-corrected chi connectivity index (χ1v) is 7.42. The van der Waals surface area contributed by atoms with E-state index in [0.29, 0.717) is 18.9 Å². The number of benzene rings is 2. The van der Waals surface area contributed by atoms with Crippen LogP contribution in [0.1, 0.15) is 22.3 Å². The Morgan fingerprint density at radius 2 is 1.79 bits per heavy atom. The SMILES string of the molecule is O=C(OCCCc1c[nH]c2ccc(F)cc12)c1ccc(F)cc1F. The Balaban J connectivity index is 1.56. The molecule has 24 heavy (non-hydrogen) atoms. The maximum atomic E-state index is 13.5. The Hall–Kier alpha value is -2.76. The second-order valence-corrected chi connectivity index (χ2v) is 5.37. The minimum Gasteiger partial charge on any atom is -0.462 e. The normalized spacial score (nSPS) is 11.0. The second kappa shape index (κ2) is 6.78. The molecule has 124 valence electrons. The standard InChI is InChI=1S/C18H14F3NO2/c19-12-4-6-17-15(8-12)11(10-22-17)2-1-7-24-18(23)14-5-3-13(20)9-16(14)21/h3-6,8-10,22H,1-2,7H2. The number of halogens is 3. The molecule has 1 N–H and O–H groups in total. The van der Waals surface area contributed by atoms with Crippen molar-refractivity contribution in [1.82, 2.24) is 4.98 Å². The quantitative estimate of drug-likeness (QED) is 0.556. The number of esters is 1. The van der Waals surface area contributed by atoms with Gasteiger partial charge in [0.25, 0.3) is 0 Å². The number of H-pyrrole nitrogens is 1. The number of carbonyl (C=O) groups is 1. The summed E-state index contributed by atoms with van der Waals surface area (Å²) in [6, 6.07) is 7.17. The third kappa shape index (κ3) is 3.42. The minimum absolute atomic E-state index is 0.0810. The van der Waals surface area contributed by atoms with E-state index in [-0.39, 0.29) is 18.0 Å². The van der Waals surface area contributed by atoms with Crippen LogP contribution in [0.25, 0.3) is 10.9 Å². The van der Waals surface area contributed by atoms with E-state index in [1.807, 2.05) is 0 Å². The molecular weight excluding hydrogens is 319 g/mol. The average Bonchev–Trinajstić information content (AvgIpc) is 2.93. The lowest BCUT2D eigenvalue weighted by Gasteiger charge is -2.05. The van der Waals surface area contributed by atoms with Crippen LogP contribution < -0.4 is 0 Å². The monoisotopic (exact) mass is 333 g/mol. The van der Waals surface area contributed by atoms with Crippen molar-refractivity contribution in [3.05, 3.63) is 71.2 Å². The van der Waals surface area contributed by atoms with Gasteiger partial charge in [-0.05, 0) is 48.7 Å². The van der Waals surface area contributed by atoms with Crippen molar-refractivity contribution in [3.8, 4) is 0 Å². The fourth-order valence-corrected chi connectivity index (χ4v) is 2.52. The summed E-state index contributed by atoms with van der Waals surface area (Å²) >= 11 is 0. The molecule has 0 aliphatic heterocycles. The zero-order chi connectivity index (χ0) is 17.1. The topological polar surface area (TPSA) is 42.1 Å². The number of carbonyl (C=O) groups excluding carboxylic acids is 1. The van der Waals surface area contributed by atoms with Crippen LogP contribution in [0.4, 0.5) is 13.2 Å². The van der Waals surface area contributed by atoms with Gasteiger partial charge in [-0.3, -0.25) is 0 Å². The highest BCUT2D eigenvalue weighted by Crippen LogP contribution is 2.20. The molecule has 0 unspecified atom stereocenters. The van der Waals surface area contributed by atoms with Crippen molar-refractivity contribution in [1.29, 1.82) is 0 Å². The van der Waals surface area contributed by atoms with Gasteiger partial charge in [0.15, 0.2) is 0 Å². The van der Waals surface area contributed by atoms with Gasteiger partial charge in [0.05, 0.1) is 12.2 Å². The zero-order valence-corrected chi connectivity index (χ0v) is 12.6. The molecule has 0 aliphatic rings. The van der Waals surface area contributed by atoms with Crippen molar-refractivity contribution in [2.45, 2.75) is 12.8 Å². The number of hydrogen-bond donors (Lipinski definition) is 1. The van der Waals surface area contributed by atoms with Crippen molar-refractivity contribution < 1.29 is 22.7 Å². The molecule has 0 aliphatic carbocycles. The molecule has 1 heterocycles. The third-order valence-electron chi connectivity index (χ3n) is 3.70. The van der Waals surface area contributed by atoms with Gasteiger partial charge < -0.3 is 9.72 Å². The van der Waals surface area contributed by atoms with Crippen LogP contribution in [0.15, 0.2) is 42.6 Å². The van der Waals surface area contributed by atoms with E-state index in [4.69, 9.17) is 4.74 Å². The summed E-state index contributed by atoms with van der Waals surface area (Å²) in [4.78, 5) is 14.8. The maximum absolute atomic E-state index is 13.5. The maximum Gasteiger partial charge on any atom is 0.341 e. The molecule has 0 radical (unpaired) electrons. The molecule has 1 aromatic heterocycles. The number of fused-ring (bicyclic) bond motifs is 1. The molecule has 0 spiro atoms. The highest BCUT2D eigenvalue weighted by Gasteiger charge is 2.14. The fraction of sp³-hybridized carbons (Fsp3) is 0.167. The Bertz CT molecular complexity index is 889. The largest absolute Gasteiger partial charge is 0.462 e. The summed E-state index contributed by atoms with van der Waals surface area (Å²) in [5.41, 5.74) is 1.44. The first-order chi connectivity index (χ1) is 11.5. The van der Waals surface area contributed by atoms with Crippen molar-refractivity contribution in [2.75, 3.05) is 6.61 Å². The molecule has 3 aromatic rings. The molecular formula is C18H14F3NO2. The van der Waals surface area contributed by atoms with Crippen LogP contribution in [-0.4, -0.2) is 17.6 Å². The fourth-order valence-electron chi connectivity index (χ4n) is 2.52. The summed E-state index contributed by atoms with van der Waals surface area (Å²) in [5, 5.41) is 0.783. The van der Waals surface area contributed by atoms with Crippen LogP contribution in [0.3, 0.4) is 0 Å². The van der Waals surface area contributed by atoms with Crippen LogP contribution in [0, 0.1) is 17.5 Å². The first-order valence-electron chi connectivity index (χ1n) is 7.42. The summed E-state index contributed by atoms with van der Waals surface area (Å²) in [6.07, 6.45) is 2.85. The van der Waals surface area contributed by atoms with Crippen molar-refractivity contribution in [3.63, 3.8) is 0 Å². The van der Waals surface area contributed by atoms with Gasteiger partial charge in [0, 0.05) is 23.2 Å². The number of ether oxygens (including phenoxy) is 1. The lowest BCUT2D eigenvalue weighted by molar-refractivity contribution is 0.0495. The lowest BCUT2D eigenvalue weighted by Crippen LogP contribution is -2.09. The van der Waals surface area contributed by atoms with E-state index in [0.717, 1.165) is 28.6 Å². The van der Waals surface area contributed by atoms with Crippen molar-refractivity contribution >= 4 is 16.9 Å². The average molecular weight is 333 g/mol. The molecule has 0 saturated heterocycles. The van der Waals surface area contributed by atoms with Gasteiger partial charge in [-0.15, -0.1) is 0 Å². The number of rotatable bonds is 5. The highest BCUT2D eigenvalue weighted by molar-refractivity contribution is 5.89. The molecule has 0 bridgehead atoms. The molecule has 0 amide bonds. The van der Waals surface area contributed by atoms with Crippen molar-refractivity contribution in [2.24, 2.45) is 0 Å². The number of hydrogen-bond acceptors (Lipinski definition) is 2. The molecule has 0 saturated carbocycles. The molecule has 0 atom stereocenters. The molecule has 3 rings (SSSR count). The Kier molecular flexibility index (Phi) is 4.55.